The molecule has 0 saturated carbocycles. The lowest BCUT2D eigenvalue weighted by Gasteiger charge is -2.32. The largest absolute Gasteiger partial charge is 0.326 e. The fourth-order valence-corrected chi connectivity index (χ4v) is 1.48. The highest BCUT2D eigenvalue weighted by Crippen LogP contribution is 2.18. The van der Waals surface area contributed by atoms with Crippen molar-refractivity contribution in [1.82, 2.24) is 4.90 Å². The highest BCUT2D eigenvalue weighted by Gasteiger charge is 2.22. The monoisotopic (exact) mass is 200 g/mol. The van der Waals surface area contributed by atoms with E-state index in [0.717, 1.165) is 6.54 Å². The zero-order chi connectivity index (χ0) is 11.2. The number of hydrogen-bond acceptors (Lipinski definition) is 2. The highest BCUT2D eigenvalue weighted by molar-refractivity contribution is 4.80. The first kappa shape index (κ1) is 13.9. The van der Waals surface area contributed by atoms with E-state index in [1.165, 1.54) is 25.9 Å². The van der Waals surface area contributed by atoms with Gasteiger partial charge in [-0.1, -0.05) is 34.6 Å². The molecule has 86 valence electrons. The van der Waals surface area contributed by atoms with Crippen LogP contribution >= 0.6 is 0 Å². The van der Waals surface area contributed by atoms with Gasteiger partial charge in [-0.15, -0.1) is 0 Å². The Labute approximate surface area is 89.9 Å². The van der Waals surface area contributed by atoms with Crippen LogP contribution < -0.4 is 5.73 Å². The fourth-order valence-electron chi connectivity index (χ4n) is 1.48. The van der Waals surface area contributed by atoms with Gasteiger partial charge in [0.05, 0.1) is 0 Å². The van der Waals surface area contributed by atoms with Crippen molar-refractivity contribution in [2.24, 2.45) is 11.1 Å². The predicted octanol–water partition coefficient (Wildman–Crippen LogP) is 2.48. The molecule has 0 aromatic carbocycles. The molecule has 2 nitrogen and oxygen atoms in total. The molecule has 0 aromatic heterocycles. The molecule has 0 fully saturated rings. The molecule has 1 unspecified atom stereocenters. The Morgan fingerprint density at radius 3 is 1.79 bits per heavy atom. The topological polar surface area (TPSA) is 29.3 Å². The van der Waals surface area contributed by atoms with E-state index in [1.807, 2.05) is 0 Å². The lowest BCUT2D eigenvalue weighted by Crippen LogP contribution is -2.45. The van der Waals surface area contributed by atoms with Crippen LogP contribution in [-0.4, -0.2) is 30.6 Å². The summed E-state index contributed by atoms with van der Waals surface area (Å²) in [5.74, 6) is 0. The van der Waals surface area contributed by atoms with E-state index in [-0.39, 0.29) is 11.5 Å². The molecular formula is C12H28N2. The zero-order valence-corrected chi connectivity index (χ0v) is 10.6. The molecule has 0 aliphatic rings. The van der Waals surface area contributed by atoms with Gasteiger partial charge in [0.1, 0.15) is 0 Å². The Balaban J connectivity index is 4.01. The third kappa shape index (κ3) is 5.61. The van der Waals surface area contributed by atoms with Gasteiger partial charge in [-0.2, -0.15) is 0 Å². The van der Waals surface area contributed by atoms with Gasteiger partial charge in [0, 0.05) is 12.6 Å². The minimum Gasteiger partial charge on any atom is -0.326 e. The Kier molecular flexibility index (Phi) is 6.38. The molecule has 0 bridgehead atoms. The van der Waals surface area contributed by atoms with E-state index in [1.54, 1.807) is 0 Å². The van der Waals surface area contributed by atoms with E-state index < -0.39 is 0 Å². The third-order valence-electron chi connectivity index (χ3n) is 2.65. The lowest BCUT2D eigenvalue weighted by atomic mass is 9.87. The fraction of sp³-hybridized carbons (Fsp3) is 1.00. The Bertz CT molecular complexity index is 132. The molecule has 1 atom stereocenters. The first-order chi connectivity index (χ1) is 6.41. The molecule has 0 radical (unpaired) electrons. The zero-order valence-electron chi connectivity index (χ0n) is 10.6. The standard InChI is InChI=1S/C12H28N2/c1-6-8-14(9-7-2)10-11(13)12(3,4)5/h11H,6-10,13H2,1-5H3. The summed E-state index contributed by atoms with van der Waals surface area (Å²) in [6, 6.07) is 0.278. The molecule has 2 N–H and O–H groups in total. The van der Waals surface area contributed by atoms with Crippen LogP contribution in [0.5, 0.6) is 0 Å². The van der Waals surface area contributed by atoms with Gasteiger partial charge in [0.25, 0.3) is 0 Å². The van der Waals surface area contributed by atoms with Gasteiger partial charge < -0.3 is 10.6 Å². The van der Waals surface area contributed by atoms with E-state index in [4.69, 9.17) is 5.73 Å². The molecule has 0 saturated heterocycles. The summed E-state index contributed by atoms with van der Waals surface area (Å²) in [6.07, 6.45) is 2.44. The van der Waals surface area contributed by atoms with Crippen LogP contribution in [0.15, 0.2) is 0 Å². The summed E-state index contributed by atoms with van der Waals surface area (Å²) < 4.78 is 0. The predicted molar refractivity (Wildman–Crippen MR) is 64.5 cm³/mol. The maximum atomic E-state index is 6.17. The van der Waals surface area contributed by atoms with Gasteiger partial charge in [0.2, 0.25) is 0 Å². The van der Waals surface area contributed by atoms with Gasteiger partial charge in [-0.05, 0) is 31.3 Å². The second kappa shape index (κ2) is 6.41. The van der Waals surface area contributed by atoms with Crippen LogP contribution in [-0.2, 0) is 0 Å². The van der Waals surface area contributed by atoms with Crippen LogP contribution in [0.3, 0.4) is 0 Å². The number of nitrogens with zero attached hydrogens (tertiary/aromatic N) is 1. The van der Waals surface area contributed by atoms with E-state index >= 15 is 0 Å². The second-order valence-corrected chi connectivity index (χ2v) is 5.27. The number of hydrogen-bond donors (Lipinski definition) is 1. The van der Waals surface area contributed by atoms with Crippen molar-refractivity contribution in [1.29, 1.82) is 0 Å². The normalized spacial score (nSPS) is 14.8. The quantitative estimate of drug-likeness (QED) is 0.714. The summed E-state index contributed by atoms with van der Waals surface area (Å²) in [7, 11) is 0. The van der Waals surface area contributed by atoms with Gasteiger partial charge in [0.15, 0.2) is 0 Å². The summed E-state index contributed by atoms with van der Waals surface area (Å²) in [5, 5.41) is 0. The third-order valence-corrected chi connectivity index (χ3v) is 2.65. The average molecular weight is 200 g/mol. The molecule has 2 heteroatoms. The highest BCUT2D eigenvalue weighted by atomic mass is 15.1. The van der Waals surface area contributed by atoms with Crippen molar-refractivity contribution < 1.29 is 0 Å². The minimum absolute atomic E-state index is 0.222. The maximum Gasteiger partial charge on any atom is 0.0217 e. The summed E-state index contributed by atoms with van der Waals surface area (Å²) in [5.41, 5.74) is 6.39. The Hall–Kier alpha value is -0.0800. The molecule has 0 aromatic rings. The van der Waals surface area contributed by atoms with Gasteiger partial charge >= 0.3 is 0 Å². The molecule has 0 aliphatic heterocycles. The van der Waals surface area contributed by atoms with Crippen molar-refractivity contribution in [2.75, 3.05) is 19.6 Å². The van der Waals surface area contributed by atoms with Crippen molar-refractivity contribution in [2.45, 2.75) is 53.5 Å². The van der Waals surface area contributed by atoms with E-state index in [0.29, 0.717) is 0 Å². The Morgan fingerprint density at radius 1 is 1.07 bits per heavy atom. The van der Waals surface area contributed by atoms with Crippen molar-refractivity contribution >= 4 is 0 Å². The first-order valence-electron chi connectivity index (χ1n) is 5.89. The van der Waals surface area contributed by atoms with Crippen LogP contribution in [0.1, 0.15) is 47.5 Å². The average Bonchev–Trinajstić information content (AvgIpc) is 2.03. The van der Waals surface area contributed by atoms with E-state index in [2.05, 4.69) is 39.5 Å². The van der Waals surface area contributed by atoms with E-state index in [9.17, 15) is 0 Å². The van der Waals surface area contributed by atoms with Crippen molar-refractivity contribution in [3.8, 4) is 0 Å². The molecule has 0 amide bonds. The SMILES string of the molecule is CCCN(CCC)CC(N)C(C)(C)C. The molecule has 0 heterocycles. The summed E-state index contributed by atoms with van der Waals surface area (Å²) in [4.78, 5) is 2.48. The molecule has 0 aliphatic carbocycles. The van der Waals surface area contributed by atoms with Crippen LogP contribution in [0.4, 0.5) is 0 Å². The second-order valence-electron chi connectivity index (χ2n) is 5.27. The first-order valence-corrected chi connectivity index (χ1v) is 5.89. The van der Waals surface area contributed by atoms with Crippen LogP contribution in [0.25, 0.3) is 0 Å². The Morgan fingerprint density at radius 2 is 1.50 bits per heavy atom. The summed E-state index contributed by atoms with van der Waals surface area (Å²) >= 11 is 0. The lowest BCUT2D eigenvalue weighted by molar-refractivity contribution is 0.199. The smallest absolute Gasteiger partial charge is 0.0217 e. The molecule has 0 rings (SSSR count). The maximum absolute atomic E-state index is 6.17. The van der Waals surface area contributed by atoms with Gasteiger partial charge in [-0.3, -0.25) is 0 Å². The molecule has 0 spiro atoms. The summed E-state index contributed by atoms with van der Waals surface area (Å²) in [6.45, 7) is 14.5. The number of nitrogens with two attached hydrogens (primary N) is 1. The van der Waals surface area contributed by atoms with Crippen LogP contribution in [0.2, 0.25) is 0 Å². The number of rotatable bonds is 6. The van der Waals surface area contributed by atoms with Crippen molar-refractivity contribution in [3.63, 3.8) is 0 Å². The van der Waals surface area contributed by atoms with Crippen LogP contribution in [0, 0.1) is 5.41 Å². The molecule has 14 heavy (non-hydrogen) atoms. The minimum atomic E-state index is 0.222. The van der Waals surface area contributed by atoms with Crippen molar-refractivity contribution in [3.05, 3.63) is 0 Å². The van der Waals surface area contributed by atoms with Gasteiger partial charge in [-0.25, -0.2) is 0 Å². The molecular weight excluding hydrogens is 172 g/mol.